The minimum atomic E-state index is -0.958. The van der Waals surface area contributed by atoms with Gasteiger partial charge in [-0.3, -0.25) is 4.57 Å². The molecule has 1 heterocycles. The largest absolute Gasteiger partial charge is 0.480 e. The fraction of sp³-hybridized carbons (Fsp3) is 0.556. The monoisotopic (exact) mass is 198 g/mol. The molecule has 1 aromatic rings. The second kappa shape index (κ2) is 4.13. The van der Waals surface area contributed by atoms with E-state index in [0.717, 1.165) is 6.42 Å². The molecule has 1 atom stereocenters. The Morgan fingerprint density at radius 2 is 2.21 bits per heavy atom. The van der Waals surface area contributed by atoms with E-state index < -0.39 is 12.0 Å². The van der Waals surface area contributed by atoms with Crippen molar-refractivity contribution in [2.45, 2.75) is 25.8 Å². The Bertz CT molecular complexity index is 378. The molecule has 0 spiro atoms. The van der Waals surface area contributed by atoms with Gasteiger partial charge in [0.2, 0.25) is 0 Å². The first-order chi connectivity index (χ1) is 6.57. The van der Waals surface area contributed by atoms with Gasteiger partial charge in [0.15, 0.2) is 0 Å². The van der Waals surface area contributed by atoms with Crippen molar-refractivity contribution in [1.29, 1.82) is 0 Å². The van der Waals surface area contributed by atoms with Crippen molar-refractivity contribution >= 4 is 5.97 Å². The van der Waals surface area contributed by atoms with E-state index in [0.29, 0.717) is 6.42 Å². The summed E-state index contributed by atoms with van der Waals surface area (Å²) >= 11 is 0. The van der Waals surface area contributed by atoms with Crippen molar-refractivity contribution in [3.05, 3.63) is 22.9 Å². The molecule has 5 heteroatoms. The Kier molecular flexibility index (Phi) is 3.11. The Hall–Kier alpha value is -1.52. The number of aryl methyl sites for hydroxylation is 1. The number of aliphatic carboxylic acids is 1. The number of carbonyl (C=O) groups is 1. The maximum atomic E-state index is 11.5. The molecule has 5 nitrogen and oxygen atoms in total. The molecule has 0 aliphatic carbocycles. The normalized spacial score (nSPS) is 12.7. The second-order valence-corrected chi connectivity index (χ2v) is 3.24. The summed E-state index contributed by atoms with van der Waals surface area (Å²) in [6, 6.07) is -0.742. The highest BCUT2D eigenvalue weighted by atomic mass is 16.4. The van der Waals surface area contributed by atoms with E-state index in [9.17, 15) is 9.59 Å². The van der Waals surface area contributed by atoms with Gasteiger partial charge in [0.1, 0.15) is 6.04 Å². The van der Waals surface area contributed by atoms with Gasteiger partial charge in [-0.25, -0.2) is 9.59 Å². The van der Waals surface area contributed by atoms with Gasteiger partial charge in [-0.1, -0.05) is 13.3 Å². The summed E-state index contributed by atoms with van der Waals surface area (Å²) in [5.74, 6) is -0.958. The summed E-state index contributed by atoms with van der Waals surface area (Å²) in [5, 5.41) is 8.92. The first kappa shape index (κ1) is 10.6. The van der Waals surface area contributed by atoms with Gasteiger partial charge < -0.3 is 9.67 Å². The van der Waals surface area contributed by atoms with Crippen LogP contribution in [0.4, 0.5) is 0 Å². The van der Waals surface area contributed by atoms with E-state index in [1.54, 1.807) is 13.2 Å². The molecule has 1 N–H and O–H groups in total. The summed E-state index contributed by atoms with van der Waals surface area (Å²) in [6.07, 6.45) is 4.28. The van der Waals surface area contributed by atoms with E-state index in [4.69, 9.17) is 5.11 Å². The minimum Gasteiger partial charge on any atom is -0.480 e. The number of hydrogen-bond donors (Lipinski definition) is 1. The molecule has 0 aliphatic rings. The standard InChI is InChI=1S/C9H14N2O3/c1-3-4-7(8(12)13)11-6-5-10(2)9(11)14/h5-7H,3-4H2,1-2H3,(H,12,13). The zero-order valence-corrected chi connectivity index (χ0v) is 8.30. The molecule has 0 saturated carbocycles. The lowest BCUT2D eigenvalue weighted by molar-refractivity contribution is -0.141. The number of aromatic nitrogens is 2. The Labute approximate surface area is 81.6 Å². The maximum absolute atomic E-state index is 11.5. The number of carboxylic acid groups (broad SMARTS) is 1. The molecule has 1 aromatic heterocycles. The van der Waals surface area contributed by atoms with Crippen LogP contribution < -0.4 is 5.69 Å². The molecule has 0 saturated heterocycles. The zero-order chi connectivity index (χ0) is 10.7. The van der Waals surface area contributed by atoms with E-state index in [1.807, 2.05) is 6.92 Å². The van der Waals surface area contributed by atoms with Crippen LogP contribution in [-0.4, -0.2) is 20.2 Å². The summed E-state index contributed by atoms with van der Waals surface area (Å²) in [7, 11) is 1.60. The van der Waals surface area contributed by atoms with Crippen LogP contribution in [0.15, 0.2) is 17.2 Å². The average Bonchev–Trinajstić information content (AvgIpc) is 2.44. The Balaban J connectivity index is 3.05. The van der Waals surface area contributed by atoms with Crippen molar-refractivity contribution in [3.8, 4) is 0 Å². The number of rotatable bonds is 4. The third kappa shape index (κ3) is 1.86. The Morgan fingerprint density at radius 3 is 2.57 bits per heavy atom. The van der Waals surface area contributed by atoms with Crippen LogP contribution in [0.25, 0.3) is 0 Å². The highest BCUT2D eigenvalue weighted by molar-refractivity contribution is 5.71. The lowest BCUT2D eigenvalue weighted by Gasteiger charge is -2.11. The molecular formula is C9H14N2O3. The summed E-state index contributed by atoms with van der Waals surface area (Å²) in [4.78, 5) is 22.3. The maximum Gasteiger partial charge on any atom is 0.328 e. The topological polar surface area (TPSA) is 64.2 Å². The summed E-state index contributed by atoms with van der Waals surface area (Å²) in [6.45, 7) is 1.89. The van der Waals surface area contributed by atoms with Gasteiger partial charge in [0, 0.05) is 19.4 Å². The van der Waals surface area contributed by atoms with Gasteiger partial charge in [-0.05, 0) is 6.42 Å². The highest BCUT2D eigenvalue weighted by Crippen LogP contribution is 2.11. The van der Waals surface area contributed by atoms with E-state index in [-0.39, 0.29) is 5.69 Å². The lowest BCUT2D eigenvalue weighted by atomic mass is 10.2. The smallest absolute Gasteiger partial charge is 0.328 e. The van der Waals surface area contributed by atoms with Gasteiger partial charge >= 0.3 is 11.7 Å². The molecule has 0 aliphatic heterocycles. The molecule has 78 valence electrons. The van der Waals surface area contributed by atoms with Crippen molar-refractivity contribution in [2.24, 2.45) is 7.05 Å². The average molecular weight is 198 g/mol. The quantitative estimate of drug-likeness (QED) is 0.771. The van der Waals surface area contributed by atoms with E-state index in [2.05, 4.69) is 0 Å². The molecule has 0 radical (unpaired) electrons. The van der Waals surface area contributed by atoms with Crippen molar-refractivity contribution in [2.75, 3.05) is 0 Å². The molecule has 0 bridgehead atoms. The minimum absolute atomic E-state index is 0.286. The van der Waals surface area contributed by atoms with Crippen LogP contribution in [0.3, 0.4) is 0 Å². The molecule has 1 unspecified atom stereocenters. The van der Waals surface area contributed by atoms with Crippen LogP contribution in [0.5, 0.6) is 0 Å². The number of imidazole rings is 1. The molecule has 0 amide bonds. The van der Waals surface area contributed by atoms with Crippen LogP contribution >= 0.6 is 0 Å². The summed E-state index contributed by atoms with van der Waals surface area (Å²) in [5.41, 5.74) is -0.286. The molecule has 14 heavy (non-hydrogen) atoms. The van der Waals surface area contributed by atoms with Gasteiger partial charge in [0.25, 0.3) is 0 Å². The predicted molar refractivity (Wildman–Crippen MR) is 51.3 cm³/mol. The fourth-order valence-electron chi connectivity index (χ4n) is 1.37. The highest BCUT2D eigenvalue weighted by Gasteiger charge is 2.20. The van der Waals surface area contributed by atoms with Gasteiger partial charge in [-0.15, -0.1) is 0 Å². The molecule has 0 fully saturated rings. The first-order valence-corrected chi connectivity index (χ1v) is 4.54. The fourth-order valence-corrected chi connectivity index (χ4v) is 1.37. The Morgan fingerprint density at radius 1 is 1.57 bits per heavy atom. The second-order valence-electron chi connectivity index (χ2n) is 3.24. The van der Waals surface area contributed by atoms with Crippen LogP contribution in [0, 0.1) is 0 Å². The molecular weight excluding hydrogens is 184 g/mol. The third-order valence-corrected chi connectivity index (χ3v) is 2.16. The zero-order valence-electron chi connectivity index (χ0n) is 8.30. The van der Waals surface area contributed by atoms with Crippen molar-refractivity contribution in [1.82, 2.24) is 9.13 Å². The van der Waals surface area contributed by atoms with Crippen LogP contribution in [0.1, 0.15) is 25.8 Å². The number of carboxylic acids is 1. The number of hydrogen-bond acceptors (Lipinski definition) is 2. The van der Waals surface area contributed by atoms with Crippen molar-refractivity contribution < 1.29 is 9.90 Å². The van der Waals surface area contributed by atoms with Crippen LogP contribution in [-0.2, 0) is 11.8 Å². The van der Waals surface area contributed by atoms with E-state index in [1.165, 1.54) is 15.3 Å². The van der Waals surface area contributed by atoms with E-state index >= 15 is 0 Å². The van der Waals surface area contributed by atoms with Gasteiger partial charge in [0.05, 0.1) is 0 Å². The molecule has 1 rings (SSSR count). The summed E-state index contributed by atoms with van der Waals surface area (Å²) < 4.78 is 2.62. The SMILES string of the molecule is CCCC(C(=O)O)n1ccn(C)c1=O. The van der Waals surface area contributed by atoms with Crippen LogP contribution in [0.2, 0.25) is 0 Å². The third-order valence-electron chi connectivity index (χ3n) is 2.16. The first-order valence-electron chi connectivity index (χ1n) is 4.54. The van der Waals surface area contributed by atoms with Crippen molar-refractivity contribution in [3.63, 3.8) is 0 Å². The predicted octanol–water partition coefficient (Wildman–Crippen LogP) is 0.613. The lowest BCUT2D eigenvalue weighted by Crippen LogP contribution is -2.30. The van der Waals surface area contributed by atoms with Gasteiger partial charge in [-0.2, -0.15) is 0 Å². The molecule has 0 aromatic carbocycles. The number of nitrogens with zero attached hydrogens (tertiary/aromatic N) is 2.